The van der Waals surface area contributed by atoms with Gasteiger partial charge in [0.25, 0.3) is 0 Å². The molecule has 4 heteroatoms. The molecule has 0 bridgehead atoms. The Morgan fingerprint density at radius 1 is 1.47 bits per heavy atom. The van der Waals surface area contributed by atoms with Gasteiger partial charge in [0.05, 0.1) is 17.2 Å². The van der Waals surface area contributed by atoms with Crippen molar-refractivity contribution in [2.45, 2.75) is 44.6 Å². The van der Waals surface area contributed by atoms with Crippen molar-refractivity contribution in [3.63, 3.8) is 0 Å². The number of hydrazine groups is 1. The van der Waals surface area contributed by atoms with Gasteiger partial charge in [-0.15, -0.1) is 11.3 Å². The standard InChI is InChI=1S/C11H19N3S/c12-14-10(11-7-15-8-13-11)6-9-4-2-1-3-5-9/h7-10,14H,1-6,12H2. The van der Waals surface area contributed by atoms with Crippen molar-refractivity contribution in [3.05, 3.63) is 16.6 Å². The van der Waals surface area contributed by atoms with Gasteiger partial charge in [-0.25, -0.2) is 4.98 Å². The van der Waals surface area contributed by atoms with Crippen LogP contribution in [0.1, 0.15) is 50.3 Å². The monoisotopic (exact) mass is 225 g/mol. The molecule has 1 aliphatic carbocycles. The van der Waals surface area contributed by atoms with Crippen molar-refractivity contribution in [2.24, 2.45) is 11.8 Å². The summed E-state index contributed by atoms with van der Waals surface area (Å²) in [5.41, 5.74) is 5.88. The Morgan fingerprint density at radius 2 is 2.27 bits per heavy atom. The summed E-state index contributed by atoms with van der Waals surface area (Å²) >= 11 is 1.64. The third-order valence-corrected chi connectivity index (χ3v) is 3.91. The van der Waals surface area contributed by atoms with Crippen LogP contribution in [0.2, 0.25) is 0 Å². The smallest absolute Gasteiger partial charge is 0.0795 e. The van der Waals surface area contributed by atoms with Gasteiger partial charge in [-0.05, 0) is 12.3 Å². The van der Waals surface area contributed by atoms with E-state index in [1.165, 1.54) is 32.1 Å². The molecule has 1 saturated carbocycles. The molecule has 1 aromatic rings. The van der Waals surface area contributed by atoms with Crippen molar-refractivity contribution in [1.29, 1.82) is 0 Å². The molecule has 1 unspecified atom stereocenters. The van der Waals surface area contributed by atoms with E-state index in [0.717, 1.165) is 18.0 Å². The van der Waals surface area contributed by atoms with Gasteiger partial charge in [0, 0.05) is 5.38 Å². The molecule has 1 aliphatic rings. The van der Waals surface area contributed by atoms with E-state index in [1.807, 2.05) is 5.51 Å². The van der Waals surface area contributed by atoms with Crippen LogP contribution in [0.15, 0.2) is 10.9 Å². The van der Waals surface area contributed by atoms with Crippen LogP contribution in [-0.4, -0.2) is 4.98 Å². The third kappa shape index (κ3) is 3.00. The van der Waals surface area contributed by atoms with Crippen molar-refractivity contribution in [1.82, 2.24) is 10.4 Å². The number of hydrogen-bond acceptors (Lipinski definition) is 4. The summed E-state index contributed by atoms with van der Waals surface area (Å²) in [6.07, 6.45) is 8.05. The van der Waals surface area contributed by atoms with E-state index in [4.69, 9.17) is 5.84 Å². The van der Waals surface area contributed by atoms with Gasteiger partial charge in [0.1, 0.15) is 0 Å². The van der Waals surface area contributed by atoms with Gasteiger partial charge in [-0.2, -0.15) is 0 Å². The second kappa shape index (κ2) is 5.58. The minimum Gasteiger partial charge on any atom is -0.271 e. The average molecular weight is 225 g/mol. The summed E-state index contributed by atoms with van der Waals surface area (Å²) in [6.45, 7) is 0. The molecule has 1 heterocycles. The predicted molar refractivity (Wildman–Crippen MR) is 63.4 cm³/mol. The molecule has 0 spiro atoms. The van der Waals surface area contributed by atoms with Crippen LogP contribution >= 0.6 is 11.3 Å². The van der Waals surface area contributed by atoms with Crippen LogP contribution in [0.3, 0.4) is 0 Å². The zero-order valence-electron chi connectivity index (χ0n) is 8.98. The Bertz CT molecular complexity index is 267. The number of hydrogen-bond donors (Lipinski definition) is 2. The lowest BCUT2D eigenvalue weighted by atomic mass is 9.84. The zero-order chi connectivity index (χ0) is 10.5. The van der Waals surface area contributed by atoms with Crippen LogP contribution in [0.25, 0.3) is 0 Å². The second-order valence-corrected chi connectivity index (χ2v) is 5.09. The number of thiazole rings is 1. The first-order valence-electron chi connectivity index (χ1n) is 5.74. The summed E-state index contributed by atoms with van der Waals surface area (Å²) in [5, 5.41) is 2.09. The van der Waals surface area contributed by atoms with E-state index in [2.05, 4.69) is 15.8 Å². The molecule has 0 amide bonds. The highest BCUT2D eigenvalue weighted by Crippen LogP contribution is 2.31. The first-order chi connectivity index (χ1) is 7.40. The Morgan fingerprint density at radius 3 is 2.87 bits per heavy atom. The molecular weight excluding hydrogens is 206 g/mol. The topological polar surface area (TPSA) is 50.9 Å². The lowest BCUT2D eigenvalue weighted by Crippen LogP contribution is -2.30. The summed E-state index contributed by atoms with van der Waals surface area (Å²) < 4.78 is 0. The van der Waals surface area contributed by atoms with E-state index in [1.54, 1.807) is 11.3 Å². The highest BCUT2D eigenvalue weighted by atomic mass is 32.1. The highest BCUT2D eigenvalue weighted by Gasteiger charge is 2.20. The zero-order valence-corrected chi connectivity index (χ0v) is 9.80. The number of nitrogens with one attached hydrogen (secondary N) is 1. The fraction of sp³-hybridized carbons (Fsp3) is 0.727. The molecule has 3 nitrogen and oxygen atoms in total. The predicted octanol–water partition coefficient (Wildman–Crippen LogP) is 2.62. The van der Waals surface area contributed by atoms with Gasteiger partial charge >= 0.3 is 0 Å². The third-order valence-electron chi connectivity index (χ3n) is 3.30. The molecule has 0 radical (unpaired) electrons. The van der Waals surface area contributed by atoms with Crippen LogP contribution in [0.4, 0.5) is 0 Å². The maximum absolute atomic E-state index is 5.60. The maximum atomic E-state index is 5.60. The lowest BCUT2D eigenvalue weighted by Gasteiger charge is -2.25. The van der Waals surface area contributed by atoms with Crippen molar-refractivity contribution >= 4 is 11.3 Å². The van der Waals surface area contributed by atoms with Crippen LogP contribution in [0, 0.1) is 5.92 Å². The molecule has 0 aliphatic heterocycles. The molecule has 0 aromatic carbocycles. The number of nitrogens with zero attached hydrogens (tertiary/aromatic N) is 1. The minimum absolute atomic E-state index is 0.249. The first kappa shape index (κ1) is 11.0. The van der Waals surface area contributed by atoms with Crippen molar-refractivity contribution in [2.75, 3.05) is 0 Å². The largest absolute Gasteiger partial charge is 0.271 e. The minimum atomic E-state index is 0.249. The summed E-state index contributed by atoms with van der Waals surface area (Å²) in [4.78, 5) is 4.33. The van der Waals surface area contributed by atoms with Gasteiger partial charge in [0.15, 0.2) is 0 Å². The van der Waals surface area contributed by atoms with E-state index in [9.17, 15) is 0 Å². The van der Waals surface area contributed by atoms with Crippen LogP contribution in [0.5, 0.6) is 0 Å². The molecule has 84 valence electrons. The summed E-state index contributed by atoms with van der Waals surface area (Å²) in [7, 11) is 0. The Balaban J connectivity index is 1.90. The number of rotatable bonds is 4. The van der Waals surface area contributed by atoms with E-state index >= 15 is 0 Å². The van der Waals surface area contributed by atoms with Gasteiger partial charge in [-0.1, -0.05) is 32.1 Å². The van der Waals surface area contributed by atoms with Gasteiger partial charge in [-0.3, -0.25) is 11.3 Å². The quantitative estimate of drug-likeness (QED) is 0.612. The van der Waals surface area contributed by atoms with Crippen LogP contribution in [-0.2, 0) is 0 Å². The number of aromatic nitrogens is 1. The molecule has 2 rings (SSSR count). The van der Waals surface area contributed by atoms with E-state index in [0.29, 0.717) is 0 Å². The van der Waals surface area contributed by atoms with Crippen molar-refractivity contribution in [3.8, 4) is 0 Å². The Kier molecular flexibility index (Phi) is 4.11. The summed E-state index contributed by atoms with van der Waals surface area (Å²) in [5.74, 6) is 6.43. The van der Waals surface area contributed by atoms with E-state index in [-0.39, 0.29) is 6.04 Å². The van der Waals surface area contributed by atoms with Crippen LogP contribution < -0.4 is 11.3 Å². The molecule has 3 N–H and O–H groups in total. The Hall–Kier alpha value is -0.450. The molecule has 1 fully saturated rings. The molecule has 1 atom stereocenters. The van der Waals surface area contributed by atoms with Gasteiger partial charge in [0.2, 0.25) is 0 Å². The normalized spacial score (nSPS) is 20.3. The summed E-state index contributed by atoms with van der Waals surface area (Å²) in [6, 6.07) is 0.249. The SMILES string of the molecule is NNC(CC1CCCCC1)c1cscn1. The maximum Gasteiger partial charge on any atom is 0.0795 e. The first-order valence-corrected chi connectivity index (χ1v) is 6.68. The molecule has 0 saturated heterocycles. The molecule has 1 aromatic heterocycles. The fourth-order valence-electron chi connectivity index (χ4n) is 2.42. The second-order valence-electron chi connectivity index (χ2n) is 4.37. The average Bonchev–Trinajstić information content (AvgIpc) is 2.81. The molecule has 15 heavy (non-hydrogen) atoms. The van der Waals surface area contributed by atoms with Gasteiger partial charge < -0.3 is 0 Å². The molecular formula is C11H19N3S. The van der Waals surface area contributed by atoms with Crippen molar-refractivity contribution < 1.29 is 0 Å². The lowest BCUT2D eigenvalue weighted by molar-refractivity contribution is 0.299. The highest BCUT2D eigenvalue weighted by molar-refractivity contribution is 7.07. The number of nitrogens with two attached hydrogens (primary N) is 1. The Labute approximate surface area is 95.1 Å². The fourth-order valence-corrected chi connectivity index (χ4v) is 3.03. The van der Waals surface area contributed by atoms with E-state index < -0.39 is 0 Å².